The van der Waals surface area contributed by atoms with E-state index in [4.69, 9.17) is 15.0 Å². The van der Waals surface area contributed by atoms with Crippen molar-refractivity contribution in [3.63, 3.8) is 0 Å². The highest BCUT2D eigenvalue weighted by atomic mass is 15.0. The van der Waals surface area contributed by atoms with Gasteiger partial charge in [0.1, 0.15) is 0 Å². The summed E-state index contributed by atoms with van der Waals surface area (Å²) in [7, 11) is 0. The molecule has 3 heteroatoms. The lowest BCUT2D eigenvalue weighted by molar-refractivity contribution is 1.08. The molecular weight excluding hydrogens is 703 g/mol. The molecule has 11 rings (SSSR count). The number of nitrogens with zero attached hydrogens (tertiary/aromatic N) is 3. The Hall–Kier alpha value is -7.75. The van der Waals surface area contributed by atoms with E-state index < -0.39 is 0 Å². The molecule has 0 unspecified atom stereocenters. The molecule has 10 aromatic carbocycles. The molecule has 0 aliphatic carbocycles. The molecule has 0 fully saturated rings. The van der Waals surface area contributed by atoms with E-state index in [0.29, 0.717) is 17.5 Å². The van der Waals surface area contributed by atoms with Crippen LogP contribution in [0.4, 0.5) is 0 Å². The molecule has 0 saturated carbocycles. The van der Waals surface area contributed by atoms with Gasteiger partial charge in [-0.2, -0.15) is 0 Å². The molecular formula is C55H35N3. The third kappa shape index (κ3) is 5.89. The normalized spacial score (nSPS) is 11.4. The average molecular weight is 738 g/mol. The van der Waals surface area contributed by atoms with Crippen molar-refractivity contribution in [3.8, 4) is 67.5 Å². The van der Waals surface area contributed by atoms with Crippen LogP contribution in [0.3, 0.4) is 0 Å². The first-order chi connectivity index (χ1) is 28.7. The number of hydrogen-bond donors (Lipinski definition) is 0. The summed E-state index contributed by atoms with van der Waals surface area (Å²) in [6.07, 6.45) is 0. The minimum atomic E-state index is 0.631. The van der Waals surface area contributed by atoms with Gasteiger partial charge >= 0.3 is 0 Å². The summed E-state index contributed by atoms with van der Waals surface area (Å²) >= 11 is 0. The lowest BCUT2D eigenvalue weighted by Crippen LogP contribution is -2.01. The predicted molar refractivity (Wildman–Crippen MR) is 242 cm³/mol. The summed E-state index contributed by atoms with van der Waals surface area (Å²) in [5.41, 5.74) is 9.99. The van der Waals surface area contributed by atoms with Crippen LogP contribution in [0.1, 0.15) is 0 Å². The lowest BCUT2D eigenvalue weighted by atomic mass is 9.93. The highest BCUT2D eigenvalue weighted by Gasteiger charge is 2.18. The van der Waals surface area contributed by atoms with Gasteiger partial charge in [-0.05, 0) is 94.7 Å². The second-order valence-corrected chi connectivity index (χ2v) is 14.8. The number of fused-ring (bicyclic) bond motifs is 4. The van der Waals surface area contributed by atoms with Crippen LogP contribution < -0.4 is 0 Å². The van der Waals surface area contributed by atoms with Gasteiger partial charge in [0.05, 0.1) is 0 Å². The zero-order valence-electron chi connectivity index (χ0n) is 31.5. The molecule has 0 spiro atoms. The maximum absolute atomic E-state index is 5.31. The van der Waals surface area contributed by atoms with E-state index >= 15 is 0 Å². The molecule has 1 heterocycles. The first kappa shape index (κ1) is 33.6. The summed E-state index contributed by atoms with van der Waals surface area (Å²) in [5, 5.41) is 9.25. The zero-order valence-corrected chi connectivity index (χ0v) is 31.5. The van der Waals surface area contributed by atoms with E-state index in [9.17, 15) is 0 Å². The van der Waals surface area contributed by atoms with Crippen LogP contribution in [0.2, 0.25) is 0 Å². The molecule has 3 nitrogen and oxygen atoms in total. The standard InChI is InChI=1S/C55H35N3/c1-3-14-36(15-4-1)39-28-30-46-40(34-39)21-13-27-51(46)54-56-53(57-55(58-54)52-33-32-44(37-16-5-2-6-17-37)47-23-9-10-24-50(47)52)42-29-31-45-41(35-42)20-12-26-49(45)48-25-11-19-38-18-7-8-22-43(38)48/h1-35H. The molecule has 1 aromatic heterocycles. The Kier molecular flexibility index (Phi) is 8.15. The van der Waals surface area contributed by atoms with Crippen LogP contribution in [0.5, 0.6) is 0 Å². The Morgan fingerprint density at radius 3 is 1.33 bits per heavy atom. The molecule has 0 atom stereocenters. The Labute approximate surface area is 336 Å². The Balaban J connectivity index is 1.11. The van der Waals surface area contributed by atoms with Crippen molar-refractivity contribution in [1.29, 1.82) is 0 Å². The van der Waals surface area contributed by atoms with Gasteiger partial charge in [0.25, 0.3) is 0 Å². The summed E-state index contributed by atoms with van der Waals surface area (Å²) in [6.45, 7) is 0. The van der Waals surface area contributed by atoms with Crippen molar-refractivity contribution in [2.45, 2.75) is 0 Å². The van der Waals surface area contributed by atoms with Crippen molar-refractivity contribution in [2.24, 2.45) is 0 Å². The monoisotopic (exact) mass is 737 g/mol. The molecule has 0 N–H and O–H groups in total. The molecule has 0 aliphatic rings. The first-order valence-corrected chi connectivity index (χ1v) is 19.7. The molecule has 0 bridgehead atoms. The quantitative estimate of drug-likeness (QED) is 0.171. The number of rotatable bonds is 6. The zero-order chi connectivity index (χ0) is 38.4. The third-order valence-corrected chi connectivity index (χ3v) is 11.3. The minimum absolute atomic E-state index is 0.631. The van der Waals surface area contributed by atoms with Crippen molar-refractivity contribution >= 4 is 43.1 Å². The Morgan fingerprint density at radius 2 is 0.638 bits per heavy atom. The molecule has 11 aromatic rings. The second-order valence-electron chi connectivity index (χ2n) is 14.8. The SMILES string of the molecule is c1ccc(-c2ccc3c(-c4nc(-c5ccc6c(-c7cccc8ccccc78)cccc6c5)nc(-c5ccc(-c6ccccc6)c6ccccc56)n4)cccc3c2)cc1. The summed E-state index contributed by atoms with van der Waals surface area (Å²) < 4.78 is 0. The van der Waals surface area contributed by atoms with Gasteiger partial charge in [-0.1, -0.05) is 194 Å². The average Bonchev–Trinajstić information content (AvgIpc) is 3.30. The Morgan fingerprint density at radius 1 is 0.207 bits per heavy atom. The van der Waals surface area contributed by atoms with Crippen molar-refractivity contribution in [3.05, 3.63) is 212 Å². The van der Waals surface area contributed by atoms with Gasteiger partial charge in [0, 0.05) is 16.7 Å². The predicted octanol–water partition coefficient (Wildman–Crippen LogP) is 14.5. The topological polar surface area (TPSA) is 38.7 Å². The highest BCUT2D eigenvalue weighted by molar-refractivity contribution is 6.07. The molecule has 0 aliphatic heterocycles. The van der Waals surface area contributed by atoms with E-state index in [2.05, 4.69) is 212 Å². The molecule has 270 valence electrons. The second kappa shape index (κ2) is 14.1. The largest absolute Gasteiger partial charge is 0.208 e. The van der Waals surface area contributed by atoms with E-state index in [1.807, 2.05) is 0 Å². The molecule has 58 heavy (non-hydrogen) atoms. The minimum Gasteiger partial charge on any atom is -0.208 e. The van der Waals surface area contributed by atoms with E-state index in [1.165, 1.54) is 49.5 Å². The summed E-state index contributed by atoms with van der Waals surface area (Å²) in [4.78, 5) is 15.9. The third-order valence-electron chi connectivity index (χ3n) is 11.3. The first-order valence-electron chi connectivity index (χ1n) is 19.7. The lowest BCUT2D eigenvalue weighted by Gasteiger charge is -2.14. The van der Waals surface area contributed by atoms with Gasteiger partial charge in [-0.15, -0.1) is 0 Å². The van der Waals surface area contributed by atoms with Crippen molar-refractivity contribution in [2.75, 3.05) is 0 Å². The van der Waals surface area contributed by atoms with Crippen LogP contribution in [0.25, 0.3) is 111 Å². The van der Waals surface area contributed by atoms with E-state index in [-0.39, 0.29) is 0 Å². The maximum atomic E-state index is 5.31. The van der Waals surface area contributed by atoms with Gasteiger partial charge < -0.3 is 0 Å². The van der Waals surface area contributed by atoms with E-state index in [1.54, 1.807) is 0 Å². The fourth-order valence-corrected chi connectivity index (χ4v) is 8.52. The van der Waals surface area contributed by atoms with Crippen LogP contribution >= 0.6 is 0 Å². The number of hydrogen-bond acceptors (Lipinski definition) is 3. The highest BCUT2D eigenvalue weighted by Crippen LogP contribution is 2.39. The molecule has 0 amide bonds. The fourth-order valence-electron chi connectivity index (χ4n) is 8.52. The van der Waals surface area contributed by atoms with Crippen LogP contribution in [-0.4, -0.2) is 15.0 Å². The van der Waals surface area contributed by atoms with Crippen LogP contribution in [0, 0.1) is 0 Å². The number of aromatic nitrogens is 3. The van der Waals surface area contributed by atoms with Gasteiger partial charge in [-0.25, -0.2) is 15.0 Å². The molecule has 0 radical (unpaired) electrons. The molecule has 0 saturated heterocycles. The van der Waals surface area contributed by atoms with Crippen LogP contribution in [-0.2, 0) is 0 Å². The van der Waals surface area contributed by atoms with Crippen molar-refractivity contribution < 1.29 is 0 Å². The smallest absolute Gasteiger partial charge is 0.164 e. The number of benzene rings is 10. The summed E-state index contributed by atoms with van der Waals surface area (Å²) in [5.74, 6) is 1.91. The maximum Gasteiger partial charge on any atom is 0.164 e. The van der Waals surface area contributed by atoms with Gasteiger partial charge in [0.15, 0.2) is 17.5 Å². The fraction of sp³-hybridized carbons (Fsp3) is 0. The van der Waals surface area contributed by atoms with E-state index in [0.717, 1.165) is 43.6 Å². The van der Waals surface area contributed by atoms with Gasteiger partial charge in [-0.3, -0.25) is 0 Å². The Bertz CT molecular complexity index is 3330. The van der Waals surface area contributed by atoms with Crippen LogP contribution in [0.15, 0.2) is 212 Å². The van der Waals surface area contributed by atoms with Crippen molar-refractivity contribution in [1.82, 2.24) is 15.0 Å². The summed E-state index contributed by atoms with van der Waals surface area (Å²) in [6, 6.07) is 75.3. The van der Waals surface area contributed by atoms with Gasteiger partial charge in [0.2, 0.25) is 0 Å².